The standard InChI is InChI=1S/C18H21F7N2O4/c1-9(26-14(29)31-15(2,3)4)13(28)27-11-7-6-10(8-12(11)30-5)16(19,17(20,21)22)18(23,24)25/h6-9H,1-5H3,(H,26,29)(H,27,28). The number of alkyl halides is 7. The van der Waals surface area contributed by atoms with Gasteiger partial charge < -0.3 is 20.1 Å². The van der Waals surface area contributed by atoms with Crippen LogP contribution in [0.25, 0.3) is 0 Å². The Morgan fingerprint density at radius 1 is 0.968 bits per heavy atom. The van der Waals surface area contributed by atoms with Gasteiger partial charge in [-0.1, -0.05) is 6.07 Å². The van der Waals surface area contributed by atoms with E-state index in [1.807, 2.05) is 0 Å². The number of amides is 2. The predicted octanol–water partition coefficient (Wildman–Crippen LogP) is 4.84. The summed E-state index contributed by atoms with van der Waals surface area (Å²) >= 11 is 0. The Balaban J connectivity index is 3.15. The molecule has 0 saturated carbocycles. The first kappa shape index (κ1) is 26.3. The minimum Gasteiger partial charge on any atom is -0.495 e. The molecule has 0 heterocycles. The molecule has 176 valence electrons. The molecule has 0 bridgehead atoms. The number of nitrogens with one attached hydrogen (secondary N) is 2. The monoisotopic (exact) mass is 462 g/mol. The van der Waals surface area contributed by atoms with Gasteiger partial charge in [-0.3, -0.25) is 4.79 Å². The first-order chi connectivity index (χ1) is 13.8. The molecule has 0 aliphatic rings. The molecule has 0 fully saturated rings. The number of hydrogen-bond donors (Lipinski definition) is 2. The van der Waals surface area contributed by atoms with E-state index in [9.17, 15) is 40.3 Å². The number of ether oxygens (including phenoxy) is 2. The van der Waals surface area contributed by atoms with Crippen LogP contribution in [0.4, 0.5) is 41.2 Å². The van der Waals surface area contributed by atoms with Crippen LogP contribution in [0.3, 0.4) is 0 Å². The fourth-order valence-electron chi connectivity index (χ4n) is 2.29. The van der Waals surface area contributed by atoms with Gasteiger partial charge in [0.05, 0.1) is 12.8 Å². The van der Waals surface area contributed by atoms with Crippen molar-refractivity contribution in [1.29, 1.82) is 0 Å². The first-order valence-corrected chi connectivity index (χ1v) is 8.64. The summed E-state index contributed by atoms with van der Waals surface area (Å²) in [5.74, 6) is -1.55. The molecular formula is C18H21F7N2O4. The van der Waals surface area contributed by atoms with Gasteiger partial charge in [-0.15, -0.1) is 0 Å². The van der Waals surface area contributed by atoms with Crippen LogP contribution in [0.5, 0.6) is 5.75 Å². The van der Waals surface area contributed by atoms with E-state index in [-0.39, 0.29) is 17.8 Å². The van der Waals surface area contributed by atoms with Gasteiger partial charge in [-0.05, 0) is 39.8 Å². The highest BCUT2D eigenvalue weighted by molar-refractivity contribution is 5.97. The fraction of sp³-hybridized carbons (Fsp3) is 0.556. The molecule has 1 atom stereocenters. The fourth-order valence-corrected chi connectivity index (χ4v) is 2.29. The minimum absolute atomic E-state index is 0.183. The molecule has 2 amide bonds. The normalized spacial score (nSPS) is 13.9. The van der Waals surface area contributed by atoms with Gasteiger partial charge in [0.2, 0.25) is 5.91 Å². The SMILES string of the molecule is COc1cc(C(F)(C(F)(F)F)C(F)(F)F)ccc1NC(=O)C(C)NC(=O)OC(C)(C)C. The van der Waals surface area contributed by atoms with Gasteiger partial charge in [0, 0.05) is 5.56 Å². The van der Waals surface area contributed by atoms with Gasteiger partial charge in [0.1, 0.15) is 17.4 Å². The summed E-state index contributed by atoms with van der Waals surface area (Å²) in [5.41, 5.74) is -8.63. The third-order valence-electron chi connectivity index (χ3n) is 3.76. The van der Waals surface area contributed by atoms with Crippen molar-refractivity contribution in [2.45, 2.75) is 57.4 Å². The lowest BCUT2D eigenvalue weighted by molar-refractivity contribution is -0.348. The zero-order chi connectivity index (χ0) is 24.4. The van der Waals surface area contributed by atoms with Crippen molar-refractivity contribution in [1.82, 2.24) is 5.32 Å². The van der Waals surface area contributed by atoms with Crippen LogP contribution in [-0.4, -0.2) is 43.1 Å². The third-order valence-corrected chi connectivity index (χ3v) is 3.76. The van der Waals surface area contributed by atoms with Crippen LogP contribution < -0.4 is 15.4 Å². The number of benzene rings is 1. The highest BCUT2D eigenvalue weighted by Crippen LogP contribution is 2.54. The molecule has 0 radical (unpaired) electrons. The van der Waals surface area contributed by atoms with Crippen LogP contribution in [0.15, 0.2) is 18.2 Å². The average molecular weight is 462 g/mol. The smallest absolute Gasteiger partial charge is 0.435 e. The summed E-state index contributed by atoms with van der Waals surface area (Å²) in [6, 6.07) is -0.170. The first-order valence-electron chi connectivity index (χ1n) is 8.64. The minimum atomic E-state index is -6.30. The second-order valence-electron chi connectivity index (χ2n) is 7.43. The Bertz CT molecular complexity index is 803. The lowest BCUT2D eigenvalue weighted by Gasteiger charge is -2.30. The van der Waals surface area contributed by atoms with E-state index in [0.29, 0.717) is 6.07 Å². The summed E-state index contributed by atoms with van der Waals surface area (Å²) in [6.07, 6.45) is -13.5. The lowest BCUT2D eigenvalue weighted by Crippen LogP contribution is -2.50. The van der Waals surface area contributed by atoms with E-state index in [1.165, 1.54) is 6.92 Å². The van der Waals surface area contributed by atoms with Gasteiger partial charge in [0.15, 0.2) is 0 Å². The maximum atomic E-state index is 14.2. The quantitative estimate of drug-likeness (QED) is 0.615. The van der Waals surface area contributed by atoms with E-state index in [1.54, 1.807) is 20.8 Å². The molecule has 1 unspecified atom stereocenters. The summed E-state index contributed by atoms with van der Waals surface area (Å²) in [6.45, 7) is 5.99. The van der Waals surface area contributed by atoms with E-state index in [2.05, 4.69) is 10.6 Å². The Kier molecular flexibility index (Phi) is 7.46. The number of anilines is 1. The molecule has 0 aliphatic carbocycles. The van der Waals surface area contributed by atoms with Crippen molar-refractivity contribution < 1.29 is 49.8 Å². The van der Waals surface area contributed by atoms with E-state index in [4.69, 9.17) is 9.47 Å². The largest absolute Gasteiger partial charge is 0.495 e. The van der Waals surface area contributed by atoms with Gasteiger partial charge >= 0.3 is 24.1 Å². The molecule has 13 heteroatoms. The van der Waals surface area contributed by atoms with Gasteiger partial charge in [-0.2, -0.15) is 26.3 Å². The molecule has 1 rings (SSSR count). The molecule has 0 spiro atoms. The van der Waals surface area contributed by atoms with Crippen molar-refractivity contribution in [3.63, 3.8) is 0 Å². The number of methoxy groups -OCH3 is 1. The molecule has 2 N–H and O–H groups in total. The van der Waals surface area contributed by atoms with Crippen LogP contribution in [0.2, 0.25) is 0 Å². The molecule has 0 saturated heterocycles. The van der Waals surface area contributed by atoms with Crippen molar-refractivity contribution in [2.75, 3.05) is 12.4 Å². The summed E-state index contributed by atoms with van der Waals surface area (Å²) in [4.78, 5) is 23.9. The van der Waals surface area contributed by atoms with Crippen LogP contribution >= 0.6 is 0 Å². The Labute approximate surface area is 173 Å². The Morgan fingerprint density at radius 2 is 1.48 bits per heavy atom. The second-order valence-corrected chi connectivity index (χ2v) is 7.43. The highest BCUT2D eigenvalue weighted by Gasteiger charge is 2.73. The molecule has 31 heavy (non-hydrogen) atoms. The molecule has 1 aromatic carbocycles. The Morgan fingerprint density at radius 3 is 1.90 bits per heavy atom. The summed E-state index contributed by atoms with van der Waals surface area (Å²) < 4.78 is 101. The number of carbonyl (C=O) groups excluding carboxylic acids is 2. The second kappa shape index (κ2) is 8.79. The third kappa shape index (κ3) is 6.14. The zero-order valence-electron chi connectivity index (χ0n) is 17.1. The highest BCUT2D eigenvalue weighted by atomic mass is 19.4. The topological polar surface area (TPSA) is 76.7 Å². The van der Waals surface area contributed by atoms with Gasteiger partial charge in [-0.25, -0.2) is 9.18 Å². The molecule has 0 aliphatic heterocycles. The number of alkyl carbamates (subject to hydrolysis) is 1. The number of halogens is 7. The molecular weight excluding hydrogens is 441 g/mol. The Hall–Kier alpha value is -2.73. The number of rotatable bonds is 5. The van der Waals surface area contributed by atoms with Crippen molar-refractivity contribution in [2.24, 2.45) is 0 Å². The van der Waals surface area contributed by atoms with Crippen molar-refractivity contribution in [3.8, 4) is 5.75 Å². The summed E-state index contributed by atoms with van der Waals surface area (Å²) in [7, 11) is 0.901. The molecule has 1 aromatic rings. The molecule has 0 aromatic heterocycles. The van der Waals surface area contributed by atoms with Crippen molar-refractivity contribution >= 4 is 17.7 Å². The predicted molar refractivity (Wildman–Crippen MR) is 95.4 cm³/mol. The maximum Gasteiger partial charge on any atom is 0.435 e. The number of hydrogen-bond acceptors (Lipinski definition) is 4. The number of carbonyl (C=O) groups is 2. The van der Waals surface area contributed by atoms with Gasteiger partial charge in [0.25, 0.3) is 0 Å². The summed E-state index contributed by atoms with van der Waals surface area (Å²) in [5, 5.41) is 4.36. The zero-order valence-corrected chi connectivity index (χ0v) is 17.1. The van der Waals surface area contributed by atoms with E-state index < -0.39 is 53.0 Å². The van der Waals surface area contributed by atoms with Crippen molar-refractivity contribution in [3.05, 3.63) is 23.8 Å². The van der Waals surface area contributed by atoms with E-state index in [0.717, 1.165) is 7.11 Å². The van der Waals surface area contributed by atoms with Crippen LogP contribution in [0.1, 0.15) is 33.3 Å². The van der Waals surface area contributed by atoms with Crippen LogP contribution in [0, 0.1) is 0 Å². The maximum absolute atomic E-state index is 14.2. The van der Waals surface area contributed by atoms with Crippen LogP contribution in [-0.2, 0) is 15.2 Å². The lowest BCUT2D eigenvalue weighted by atomic mass is 9.93. The van der Waals surface area contributed by atoms with E-state index >= 15 is 0 Å². The molecule has 6 nitrogen and oxygen atoms in total. The average Bonchev–Trinajstić information content (AvgIpc) is 2.57.